The third kappa shape index (κ3) is 14.9. The number of guanidine groups is 1. The van der Waals surface area contributed by atoms with Crippen molar-refractivity contribution < 1.29 is 39.0 Å². The molecule has 0 saturated heterocycles. The average molecular weight is 531 g/mol. The van der Waals surface area contributed by atoms with Crippen molar-refractivity contribution in [2.45, 2.75) is 76.5 Å². The number of carboxylic acids is 2. The molecule has 4 atom stereocenters. The SMILES string of the molecule is CC(C)C[C@H](NC(=O)[C@H](CCC(=O)O)NC(=O)[C@@H](N)CC(N)=O)C(=O)N[C@@H](CCCN=C(N)N)C(=O)O. The number of primary amides is 1. The lowest BCUT2D eigenvalue weighted by molar-refractivity contribution is -0.142. The Labute approximate surface area is 214 Å². The Morgan fingerprint density at radius 2 is 1.35 bits per heavy atom. The van der Waals surface area contributed by atoms with Crippen LogP contribution in [-0.2, 0) is 28.8 Å². The van der Waals surface area contributed by atoms with Crippen molar-refractivity contribution in [3.63, 3.8) is 0 Å². The zero-order valence-corrected chi connectivity index (χ0v) is 20.9. The number of aliphatic imine (C=N–C) groups is 1. The van der Waals surface area contributed by atoms with E-state index in [0.29, 0.717) is 0 Å². The third-order valence-electron chi connectivity index (χ3n) is 4.94. The average Bonchev–Trinajstić information content (AvgIpc) is 2.76. The first-order valence-corrected chi connectivity index (χ1v) is 11.6. The Hall–Kier alpha value is -3.95. The zero-order valence-electron chi connectivity index (χ0n) is 20.9. The number of nitrogens with two attached hydrogens (primary N) is 4. The van der Waals surface area contributed by atoms with Gasteiger partial charge in [0.15, 0.2) is 5.96 Å². The van der Waals surface area contributed by atoms with Gasteiger partial charge in [-0.15, -0.1) is 0 Å². The van der Waals surface area contributed by atoms with Crippen LogP contribution in [0.15, 0.2) is 4.99 Å². The van der Waals surface area contributed by atoms with Gasteiger partial charge in [0.25, 0.3) is 0 Å². The lowest BCUT2D eigenvalue weighted by Crippen LogP contribution is -2.57. The molecule has 0 aliphatic rings. The zero-order chi connectivity index (χ0) is 28.7. The summed E-state index contributed by atoms with van der Waals surface area (Å²) in [7, 11) is 0. The lowest BCUT2D eigenvalue weighted by atomic mass is 10.0. The number of carbonyl (C=O) groups is 6. The van der Waals surface area contributed by atoms with Crippen molar-refractivity contribution in [3.8, 4) is 0 Å². The van der Waals surface area contributed by atoms with Crippen LogP contribution in [0.2, 0.25) is 0 Å². The topological polar surface area (TPSA) is 295 Å². The maximum Gasteiger partial charge on any atom is 0.326 e. The fourth-order valence-electron chi connectivity index (χ4n) is 3.13. The molecule has 4 amide bonds. The molecule has 0 radical (unpaired) electrons. The minimum atomic E-state index is -1.40. The maximum absolute atomic E-state index is 12.9. The highest BCUT2D eigenvalue weighted by atomic mass is 16.4. The monoisotopic (exact) mass is 530 g/mol. The number of rotatable bonds is 18. The summed E-state index contributed by atoms with van der Waals surface area (Å²) >= 11 is 0. The van der Waals surface area contributed by atoms with E-state index in [2.05, 4.69) is 20.9 Å². The number of carbonyl (C=O) groups excluding carboxylic acids is 4. The van der Waals surface area contributed by atoms with Crippen molar-refractivity contribution in [2.24, 2.45) is 33.8 Å². The van der Waals surface area contributed by atoms with Crippen LogP contribution >= 0.6 is 0 Å². The largest absolute Gasteiger partial charge is 0.481 e. The summed E-state index contributed by atoms with van der Waals surface area (Å²) in [5, 5.41) is 25.5. The molecule has 0 aliphatic heterocycles. The van der Waals surface area contributed by atoms with Crippen LogP contribution in [0.25, 0.3) is 0 Å². The molecular weight excluding hydrogens is 492 g/mol. The molecule has 37 heavy (non-hydrogen) atoms. The third-order valence-corrected chi connectivity index (χ3v) is 4.94. The second-order valence-electron chi connectivity index (χ2n) is 8.81. The summed E-state index contributed by atoms with van der Waals surface area (Å²) < 4.78 is 0. The summed E-state index contributed by atoms with van der Waals surface area (Å²) in [4.78, 5) is 75.5. The smallest absolute Gasteiger partial charge is 0.326 e. The molecule has 16 nitrogen and oxygen atoms in total. The molecular formula is C21H38N8O8. The second kappa shape index (κ2) is 16.7. The highest BCUT2D eigenvalue weighted by molar-refractivity contribution is 5.95. The van der Waals surface area contributed by atoms with E-state index in [1.807, 2.05) is 0 Å². The van der Waals surface area contributed by atoms with E-state index in [1.54, 1.807) is 13.8 Å². The van der Waals surface area contributed by atoms with E-state index in [-0.39, 0.29) is 44.1 Å². The van der Waals surface area contributed by atoms with Gasteiger partial charge in [-0.1, -0.05) is 13.8 Å². The summed E-state index contributed by atoms with van der Waals surface area (Å²) in [5.41, 5.74) is 21.1. The van der Waals surface area contributed by atoms with Gasteiger partial charge in [0.05, 0.1) is 12.5 Å². The summed E-state index contributed by atoms with van der Waals surface area (Å²) in [5.74, 6) is -6.26. The first-order chi connectivity index (χ1) is 17.1. The number of hydrogen-bond donors (Lipinski definition) is 9. The van der Waals surface area contributed by atoms with Gasteiger partial charge in [-0.05, 0) is 31.6 Å². The Kier molecular flexibility index (Phi) is 14.9. The molecule has 210 valence electrons. The number of hydrogen-bond acceptors (Lipinski definition) is 8. The van der Waals surface area contributed by atoms with Gasteiger partial charge in [0.2, 0.25) is 23.6 Å². The number of carboxylic acid groups (broad SMARTS) is 2. The molecule has 16 heteroatoms. The second-order valence-corrected chi connectivity index (χ2v) is 8.81. The quantitative estimate of drug-likeness (QED) is 0.0480. The van der Waals surface area contributed by atoms with Crippen molar-refractivity contribution in [3.05, 3.63) is 0 Å². The van der Waals surface area contributed by atoms with Gasteiger partial charge in [0.1, 0.15) is 18.1 Å². The number of nitrogens with one attached hydrogen (secondary N) is 3. The van der Waals surface area contributed by atoms with Crippen LogP contribution in [0.5, 0.6) is 0 Å². The van der Waals surface area contributed by atoms with Gasteiger partial charge in [-0.25, -0.2) is 4.79 Å². The number of nitrogens with zero attached hydrogens (tertiary/aromatic N) is 1. The van der Waals surface area contributed by atoms with E-state index in [0.717, 1.165) is 0 Å². The summed E-state index contributed by atoms with van der Waals surface area (Å²) in [6.45, 7) is 3.68. The van der Waals surface area contributed by atoms with Crippen LogP contribution in [0, 0.1) is 5.92 Å². The molecule has 0 aromatic heterocycles. The van der Waals surface area contributed by atoms with Crippen LogP contribution in [0.3, 0.4) is 0 Å². The summed E-state index contributed by atoms with van der Waals surface area (Å²) in [6, 6.07) is -5.26. The normalized spacial score (nSPS) is 13.9. The van der Waals surface area contributed by atoms with Crippen molar-refractivity contribution in [1.82, 2.24) is 16.0 Å². The molecule has 0 saturated carbocycles. The van der Waals surface area contributed by atoms with E-state index in [9.17, 15) is 33.9 Å². The number of amides is 4. The molecule has 13 N–H and O–H groups in total. The van der Waals surface area contributed by atoms with Crippen LogP contribution in [-0.4, -0.2) is 82.5 Å². The standard InChI is InChI=1S/C21H38N8O8/c1-10(2)8-14(19(35)28-13(20(36)37)4-3-7-26-21(24)25)29-18(34)12(5-6-16(31)32)27-17(33)11(22)9-15(23)30/h10-14H,3-9,22H2,1-2H3,(H2,23,30)(H,27,33)(H,28,35)(H,29,34)(H,31,32)(H,36,37)(H4,24,25,26)/t11-,12-,13-,14-/m0/s1. The molecule has 0 unspecified atom stereocenters. The molecule has 0 bridgehead atoms. The van der Waals surface area contributed by atoms with E-state index < -0.39 is 72.6 Å². The fraction of sp³-hybridized carbons (Fsp3) is 0.667. The number of aliphatic carboxylic acids is 2. The van der Waals surface area contributed by atoms with E-state index >= 15 is 0 Å². The van der Waals surface area contributed by atoms with Gasteiger partial charge in [0, 0.05) is 13.0 Å². The Bertz CT molecular complexity index is 859. The molecule has 0 aromatic rings. The van der Waals surface area contributed by atoms with Gasteiger partial charge < -0.3 is 49.1 Å². The first kappa shape index (κ1) is 33.0. The van der Waals surface area contributed by atoms with Crippen molar-refractivity contribution in [1.29, 1.82) is 0 Å². The van der Waals surface area contributed by atoms with Crippen molar-refractivity contribution >= 4 is 41.5 Å². The molecule has 0 aromatic carbocycles. The molecule has 0 spiro atoms. The Morgan fingerprint density at radius 1 is 0.811 bits per heavy atom. The van der Waals surface area contributed by atoms with Crippen LogP contribution in [0.4, 0.5) is 0 Å². The molecule has 0 heterocycles. The maximum atomic E-state index is 12.9. The predicted octanol–water partition coefficient (Wildman–Crippen LogP) is -3.31. The van der Waals surface area contributed by atoms with Crippen LogP contribution < -0.4 is 38.9 Å². The minimum absolute atomic E-state index is 0.00917. The van der Waals surface area contributed by atoms with E-state index in [1.165, 1.54) is 0 Å². The van der Waals surface area contributed by atoms with Crippen LogP contribution in [0.1, 0.15) is 52.4 Å². The van der Waals surface area contributed by atoms with Crippen molar-refractivity contribution in [2.75, 3.05) is 6.54 Å². The Balaban J connectivity index is 5.55. The fourth-order valence-corrected chi connectivity index (χ4v) is 3.13. The molecule has 0 rings (SSSR count). The Morgan fingerprint density at radius 3 is 1.84 bits per heavy atom. The van der Waals surface area contributed by atoms with Gasteiger partial charge >= 0.3 is 11.9 Å². The van der Waals surface area contributed by atoms with Gasteiger partial charge in [-0.3, -0.25) is 29.0 Å². The first-order valence-electron chi connectivity index (χ1n) is 11.6. The highest BCUT2D eigenvalue weighted by Crippen LogP contribution is 2.09. The molecule has 0 fully saturated rings. The summed E-state index contributed by atoms with van der Waals surface area (Å²) in [6.07, 6.45) is -0.966. The molecule has 0 aliphatic carbocycles. The predicted molar refractivity (Wildman–Crippen MR) is 131 cm³/mol. The van der Waals surface area contributed by atoms with E-state index in [4.69, 9.17) is 28.0 Å². The lowest BCUT2D eigenvalue weighted by Gasteiger charge is -2.26. The minimum Gasteiger partial charge on any atom is -0.481 e. The highest BCUT2D eigenvalue weighted by Gasteiger charge is 2.31. The van der Waals surface area contributed by atoms with Gasteiger partial charge in [-0.2, -0.15) is 0 Å².